The summed E-state index contributed by atoms with van der Waals surface area (Å²) in [7, 11) is 2.08. The molecule has 1 N–H and O–H groups in total. The average molecular weight is 225 g/mol. The maximum atomic E-state index is 3.35. The molecule has 0 spiro atoms. The van der Waals surface area contributed by atoms with Crippen LogP contribution in [0.3, 0.4) is 0 Å². The predicted molar refractivity (Wildman–Crippen MR) is 68.8 cm³/mol. The van der Waals surface area contributed by atoms with Crippen LogP contribution in [-0.2, 0) is 0 Å². The van der Waals surface area contributed by atoms with Crippen LogP contribution >= 0.6 is 0 Å². The summed E-state index contributed by atoms with van der Waals surface area (Å²) >= 11 is 0. The van der Waals surface area contributed by atoms with Gasteiger partial charge in [-0.2, -0.15) is 0 Å². The number of hydrogen-bond donors (Lipinski definition) is 1. The minimum atomic E-state index is 0.762. The third kappa shape index (κ3) is 2.76. The Morgan fingerprint density at radius 3 is 2.94 bits per heavy atom. The molecular formula is C13H27N3. The lowest BCUT2D eigenvalue weighted by atomic mass is 10.1. The molecule has 0 amide bonds. The molecule has 0 bridgehead atoms. The zero-order valence-electron chi connectivity index (χ0n) is 10.9. The summed E-state index contributed by atoms with van der Waals surface area (Å²) in [6.45, 7) is 8.70. The summed E-state index contributed by atoms with van der Waals surface area (Å²) < 4.78 is 0. The van der Waals surface area contributed by atoms with Gasteiger partial charge in [-0.3, -0.25) is 9.80 Å². The van der Waals surface area contributed by atoms with Crippen LogP contribution in [-0.4, -0.2) is 61.7 Å². The van der Waals surface area contributed by atoms with Gasteiger partial charge in [0.15, 0.2) is 0 Å². The van der Waals surface area contributed by atoms with Gasteiger partial charge in [0, 0.05) is 38.3 Å². The summed E-state index contributed by atoms with van der Waals surface area (Å²) in [4.78, 5) is 5.42. The molecule has 16 heavy (non-hydrogen) atoms. The fourth-order valence-electron chi connectivity index (χ4n) is 3.33. The van der Waals surface area contributed by atoms with Crippen molar-refractivity contribution in [1.29, 1.82) is 0 Å². The highest BCUT2D eigenvalue weighted by Crippen LogP contribution is 2.23. The highest BCUT2D eigenvalue weighted by Gasteiger charge is 2.32. The van der Waals surface area contributed by atoms with Gasteiger partial charge >= 0.3 is 0 Å². The lowest BCUT2D eigenvalue weighted by Crippen LogP contribution is -2.55. The van der Waals surface area contributed by atoms with E-state index < -0.39 is 0 Å². The van der Waals surface area contributed by atoms with Gasteiger partial charge in [-0.15, -0.1) is 0 Å². The molecule has 3 heteroatoms. The van der Waals surface area contributed by atoms with Crippen molar-refractivity contribution in [2.75, 3.05) is 39.8 Å². The lowest BCUT2D eigenvalue weighted by Gasteiger charge is -2.41. The normalized spacial score (nSPS) is 29.2. The second-order valence-corrected chi connectivity index (χ2v) is 5.33. The van der Waals surface area contributed by atoms with Crippen molar-refractivity contribution >= 4 is 0 Å². The lowest BCUT2D eigenvalue weighted by molar-refractivity contribution is 0.0683. The Morgan fingerprint density at radius 1 is 1.31 bits per heavy atom. The molecule has 2 aliphatic rings. The highest BCUT2D eigenvalue weighted by molar-refractivity contribution is 4.89. The largest absolute Gasteiger partial charge is 0.318 e. The second kappa shape index (κ2) is 5.99. The molecule has 0 aromatic heterocycles. The van der Waals surface area contributed by atoms with E-state index in [2.05, 4.69) is 29.1 Å². The van der Waals surface area contributed by atoms with Crippen molar-refractivity contribution in [1.82, 2.24) is 15.1 Å². The van der Waals surface area contributed by atoms with Crippen molar-refractivity contribution < 1.29 is 0 Å². The summed E-state index contributed by atoms with van der Waals surface area (Å²) in [5.74, 6) is 0. The topological polar surface area (TPSA) is 18.5 Å². The van der Waals surface area contributed by atoms with Crippen LogP contribution in [0.2, 0.25) is 0 Å². The van der Waals surface area contributed by atoms with Crippen LogP contribution in [0.1, 0.15) is 32.6 Å². The molecule has 0 aromatic carbocycles. The first-order chi connectivity index (χ1) is 7.85. The van der Waals surface area contributed by atoms with Gasteiger partial charge in [-0.1, -0.05) is 13.3 Å². The Kier molecular flexibility index (Phi) is 4.62. The standard InChI is InChI=1S/C13H27N3/c1-3-5-12(10-14-2)16-9-8-15-7-4-6-13(15)11-16/h12-14H,3-11H2,1-2H3. The van der Waals surface area contributed by atoms with E-state index in [1.807, 2.05) is 0 Å². The molecule has 2 fully saturated rings. The van der Waals surface area contributed by atoms with Crippen LogP contribution in [0.4, 0.5) is 0 Å². The van der Waals surface area contributed by atoms with Crippen molar-refractivity contribution in [3.8, 4) is 0 Å². The van der Waals surface area contributed by atoms with Crippen molar-refractivity contribution in [3.05, 3.63) is 0 Å². The monoisotopic (exact) mass is 225 g/mol. The summed E-state index contributed by atoms with van der Waals surface area (Å²) in [6.07, 6.45) is 5.49. The first-order valence-corrected chi connectivity index (χ1v) is 6.97. The molecule has 2 saturated heterocycles. The maximum Gasteiger partial charge on any atom is 0.0224 e. The van der Waals surface area contributed by atoms with Gasteiger partial charge in [0.1, 0.15) is 0 Å². The molecule has 2 heterocycles. The van der Waals surface area contributed by atoms with E-state index in [0.717, 1.165) is 18.6 Å². The SMILES string of the molecule is CCCC(CNC)N1CCN2CCCC2C1. The Morgan fingerprint density at radius 2 is 2.19 bits per heavy atom. The van der Waals surface area contributed by atoms with E-state index in [1.165, 1.54) is 51.9 Å². The zero-order chi connectivity index (χ0) is 11.4. The molecule has 0 saturated carbocycles. The Balaban J connectivity index is 1.87. The number of rotatable bonds is 5. The molecule has 2 rings (SSSR count). The zero-order valence-corrected chi connectivity index (χ0v) is 10.9. The molecule has 2 atom stereocenters. The van der Waals surface area contributed by atoms with Crippen LogP contribution in [0.15, 0.2) is 0 Å². The first-order valence-electron chi connectivity index (χ1n) is 6.97. The van der Waals surface area contributed by atoms with Crippen molar-refractivity contribution in [3.63, 3.8) is 0 Å². The van der Waals surface area contributed by atoms with E-state index in [1.54, 1.807) is 0 Å². The number of fused-ring (bicyclic) bond motifs is 1. The number of likely N-dealkylation sites (N-methyl/N-ethyl adjacent to an activating group) is 1. The summed E-state index contributed by atoms with van der Waals surface area (Å²) in [5, 5.41) is 3.35. The molecule has 94 valence electrons. The molecule has 0 aromatic rings. The van der Waals surface area contributed by atoms with Crippen molar-refractivity contribution in [2.24, 2.45) is 0 Å². The van der Waals surface area contributed by atoms with E-state index in [4.69, 9.17) is 0 Å². The quantitative estimate of drug-likeness (QED) is 0.757. The number of hydrogen-bond acceptors (Lipinski definition) is 3. The van der Waals surface area contributed by atoms with E-state index in [9.17, 15) is 0 Å². The van der Waals surface area contributed by atoms with E-state index in [-0.39, 0.29) is 0 Å². The van der Waals surface area contributed by atoms with Crippen LogP contribution in [0, 0.1) is 0 Å². The van der Waals surface area contributed by atoms with Gasteiger partial charge in [0.05, 0.1) is 0 Å². The Bertz CT molecular complexity index is 201. The minimum absolute atomic E-state index is 0.762. The van der Waals surface area contributed by atoms with Gasteiger partial charge < -0.3 is 5.32 Å². The number of piperazine rings is 1. The number of nitrogens with zero attached hydrogens (tertiary/aromatic N) is 2. The van der Waals surface area contributed by atoms with Crippen molar-refractivity contribution in [2.45, 2.75) is 44.7 Å². The first kappa shape index (κ1) is 12.3. The van der Waals surface area contributed by atoms with Crippen LogP contribution in [0.5, 0.6) is 0 Å². The molecule has 0 radical (unpaired) electrons. The average Bonchev–Trinajstić information content (AvgIpc) is 2.75. The molecule has 0 aliphatic carbocycles. The number of nitrogens with one attached hydrogen (secondary N) is 1. The Labute approximate surface area is 100 Å². The summed E-state index contributed by atoms with van der Waals surface area (Å²) in [6, 6.07) is 1.63. The van der Waals surface area contributed by atoms with Gasteiger partial charge in [-0.25, -0.2) is 0 Å². The van der Waals surface area contributed by atoms with Gasteiger partial charge in [-0.05, 0) is 32.9 Å². The predicted octanol–water partition coefficient (Wildman–Crippen LogP) is 1.15. The molecular weight excluding hydrogens is 198 g/mol. The Hall–Kier alpha value is -0.120. The molecule has 2 aliphatic heterocycles. The third-order valence-corrected chi connectivity index (χ3v) is 4.20. The molecule has 3 nitrogen and oxygen atoms in total. The fraction of sp³-hybridized carbons (Fsp3) is 1.00. The van der Waals surface area contributed by atoms with E-state index in [0.29, 0.717) is 0 Å². The van der Waals surface area contributed by atoms with Crippen LogP contribution < -0.4 is 5.32 Å². The van der Waals surface area contributed by atoms with Crippen LogP contribution in [0.25, 0.3) is 0 Å². The summed E-state index contributed by atoms with van der Waals surface area (Å²) in [5.41, 5.74) is 0. The smallest absolute Gasteiger partial charge is 0.0224 e. The van der Waals surface area contributed by atoms with Gasteiger partial charge in [0.2, 0.25) is 0 Å². The highest BCUT2D eigenvalue weighted by atomic mass is 15.3. The second-order valence-electron chi connectivity index (χ2n) is 5.33. The van der Waals surface area contributed by atoms with E-state index >= 15 is 0 Å². The molecule has 2 unspecified atom stereocenters. The maximum absolute atomic E-state index is 3.35. The third-order valence-electron chi connectivity index (χ3n) is 4.20. The minimum Gasteiger partial charge on any atom is -0.318 e. The fourth-order valence-corrected chi connectivity index (χ4v) is 3.33. The van der Waals surface area contributed by atoms with Gasteiger partial charge in [0.25, 0.3) is 0 Å².